The molecule has 0 unspecified atom stereocenters. The molecule has 1 aromatic carbocycles. The highest BCUT2D eigenvalue weighted by molar-refractivity contribution is 7.15. The smallest absolute Gasteiger partial charge is 0.258 e. The molecule has 1 amide bonds. The Morgan fingerprint density at radius 1 is 1.26 bits per heavy atom. The molecular weight excluding hydrogens is 452 g/mol. The quantitative estimate of drug-likeness (QED) is 0.475. The topological polar surface area (TPSA) is 104 Å². The van der Waals surface area contributed by atoms with Gasteiger partial charge in [0.15, 0.2) is 10.8 Å². The summed E-state index contributed by atoms with van der Waals surface area (Å²) in [4.78, 5) is 35.4. The van der Waals surface area contributed by atoms with Crippen LogP contribution in [0.25, 0.3) is 33.2 Å². The molecule has 3 aromatic heterocycles. The molecule has 0 bridgehead atoms. The molecule has 0 radical (unpaired) electrons. The zero-order valence-electron chi connectivity index (χ0n) is 19.1. The lowest BCUT2D eigenvalue weighted by molar-refractivity contribution is -0.121. The van der Waals surface area contributed by atoms with E-state index in [1.54, 1.807) is 43.0 Å². The van der Waals surface area contributed by atoms with Gasteiger partial charge in [-0.1, -0.05) is 6.07 Å². The zero-order chi connectivity index (χ0) is 23.8. The van der Waals surface area contributed by atoms with Crippen LogP contribution in [0.2, 0.25) is 0 Å². The molecule has 9 nitrogen and oxygen atoms in total. The minimum absolute atomic E-state index is 0.0344. The Hall–Kier alpha value is -3.79. The van der Waals surface area contributed by atoms with Crippen LogP contribution >= 0.6 is 11.3 Å². The van der Waals surface area contributed by atoms with Crippen LogP contribution in [0.15, 0.2) is 47.7 Å². The Bertz CT molecular complexity index is 1430. The van der Waals surface area contributed by atoms with Crippen molar-refractivity contribution in [2.24, 2.45) is 0 Å². The number of benzene rings is 1. The Balaban J connectivity index is 1.60. The molecule has 0 atom stereocenters. The highest BCUT2D eigenvalue weighted by atomic mass is 32.1. The van der Waals surface area contributed by atoms with Crippen LogP contribution in [0.5, 0.6) is 5.75 Å². The number of hydrogen-bond donors (Lipinski definition) is 1. The molecular formula is C24H24N6O3S. The van der Waals surface area contributed by atoms with Crippen LogP contribution in [0, 0.1) is 0 Å². The summed E-state index contributed by atoms with van der Waals surface area (Å²) in [6.07, 6.45) is 3.90. The van der Waals surface area contributed by atoms with Gasteiger partial charge in [-0.3, -0.25) is 9.59 Å². The molecule has 5 rings (SSSR count). The third kappa shape index (κ3) is 3.90. The number of aromatic nitrogens is 5. The molecule has 1 aliphatic heterocycles. The fourth-order valence-corrected chi connectivity index (χ4v) is 5.03. The molecule has 0 saturated heterocycles. The van der Waals surface area contributed by atoms with E-state index in [4.69, 9.17) is 9.72 Å². The fraction of sp³-hybridized carbons (Fsp3) is 0.292. The number of carbonyl (C=O) groups excluding carboxylic acids is 1. The highest BCUT2D eigenvalue weighted by Gasteiger charge is 2.24. The van der Waals surface area contributed by atoms with E-state index in [0.29, 0.717) is 12.2 Å². The van der Waals surface area contributed by atoms with Crippen LogP contribution in [0.4, 0.5) is 0 Å². The standard InChI is InChI=1S/C24H24N6O3S/c1-14(2)30-22(26-13-27-30)23-28-21-17-11-15(6-7-18(17)33-10-8-19(21)34-23)16-5-4-9-29(24(16)32)12-20(31)25-3/h4-7,9,11,13-14H,8,10,12H2,1-3H3,(H,25,31). The molecule has 34 heavy (non-hydrogen) atoms. The average Bonchev–Trinajstić information content (AvgIpc) is 3.45. The molecule has 10 heteroatoms. The molecule has 0 fully saturated rings. The van der Waals surface area contributed by atoms with Crippen LogP contribution < -0.4 is 15.6 Å². The fourth-order valence-electron chi connectivity index (χ4n) is 3.99. The summed E-state index contributed by atoms with van der Waals surface area (Å²) in [5.74, 6) is 1.24. The van der Waals surface area contributed by atoms with Gasteiger partial charge in [0.2, 0.25) is 5.91 Å². The van der Waals surface area contributed by atoms with Crippen molar-refractivity contribution < 1.29 is 9.53 Å². The van der Waals surface area contributed by atoms with E-state index in [0.717, 1.165) is 44.7 Å². The molecule has 1 aliphatic rings. The summed E-state index contributed by atoms with van der Waals surface area (Å²) in [6.45, 7) is 4.63. The Kier molecular flexibility index (Phi) is 5.74. The SMILES string of the molecule is CNC(=O)Cn1cccc(-c2ccc3c(c2)-c2nc(-c4ncnn4C(C)C)sc2CCO3)c1=O. The number of nitrogens with zero attached hydrogens (tertiary/aromatic N) is 5. The molecule has 0 saturated carbocycles. The number of amides is 1. The number of nitrogens with one attached hydrogen (secondary N) is 1. The highest BCUT2D eigenvalue weighted by Crippen LogP contribution is 2.41. The third-order valence-electron chi connectivity index (χ3n) is 5.70. The van der Waals surface area contributed by atoms with Crippen LogP contribution in [-0.2, 0) is 17.8 Å². The maximum atomic E-state index is 13.1. The average molecular weight is 477 g/mol. The molecule has 174 valence electrons. The van der Waals surface area contributed by atoms with E-state index in [9.17, 15) is 9.59 Å². The van der Waals surface area contributed by atoms with Gasteiger partial charge in [0.1, 0.15) is 18.6 Å². The lowest BCUT2D eigenvalue weighted by Gasteiger charge is -2.11. The van der Waals surface area contributed by atoms with E-state index < -0.39 is 0 Å². The van der Waals surface area contributed by atoms with Crippen LogP contribution in [0.3, 0.4) is 0 Å². The third-order valence-corrected chi connectivity index (χ3v) is 6.81. The zero-order valence-corrected chi connectivity index (χ0v) is 19.9. The van der Waals surface area contributed by atoms with E-state index >= 15 is 0 Å². The number of carbonyl (C=O) groups is 1. The number of ether oxygens (including phenoxy) is 1. The van der Waals surface area contributed by atoms with Crippen molar-refractivity contribution in [3.63, 3.8) is 0 Å². The number of thiazole rings is 1. The number of pyridine rings is 1. The van der Waals surface area contributed by atoms with Crippen LogP contribution in [-0.4, -0.2) is 43.9 Å². The van der Waals surface area contributed by atoms with E-state index in [1.165, 1.54) is 4.57 Å². The van der Waals surface area contributed by atoms with Crippen molar-refractivity contribution in [2.75, 3.05) is 13.7 Å². The predicted octanol–water partition coefficient (Wildman–Crippen LogP) is 3.16. The molecule has 1 N–H and O–H groups in total. The number of rotatable bonds is 5. The van der Waals surface area contributed by atoms with E-state index in [2.05, 4.69) is 29.2 Å². The second-order valence-electron chi connectivity index (χ2n) is 8.25. The van der Waals surface area contributed by atoms with Crippen molar-refractivity contribution in [1.82, 2.24) is 29.6 Å². The van der Waals surface area contributed by atoms with Gasteiger partial charge in [-0.25, -0.2) is 14.6 Å². The minimum Gasteiger partial charge on any atom is -0.493 e. The first-order valence-electron chi connectivity index (χ1n) is 11.0. The van der Waals surface area contributed by atoms with Gasteiger partial charge in [-0.05, 0) is 43.7 Å². The van der Waals surface area contributed by atoms with Crippen molar-refractivity contribution in [2.45, 2.75) is 32.9 Å². The predicted molar refractivity (Wildman–Crippen MR) is 130 cm³/mol. The lowest BCUT2D eigenvalue weighted by atomic mass is 10.0. The second-order valence-corrected chi connectivity index (χ2v) is 9.33. The maximum Gasteiger partial charge on any atom is 0.258 e. The summed E-state index contributed by atoms with van der Waals surface area (Å²) >= 11 is 1.59. The van der Waals surface area contributed by atoms with Crippen molar-refractivity contribution in [3.8, 4) is 39.0 Å². The Morgan fingerprint density at radius 3 is 2.91 bits per heavy atom. The first kappa shape index (κ1) is 22.0. The normalized spacial score (nSPS) is 12.6. The van der Waals surface area contributed by atoms with Gasteiger partial charge >= 0.3 is 0 Å². The van der Waals surface area contributed by atoms with Crippen molar-refractivity contribution in [3.05, 3.63) is 58.1 Å². The Labute approximate surface area is 200 Å². The summed E-state index contributed by atoms with van der Waals surface area (Å²) in [6, 6.07) is 9.39. The summed E-state index contributed by atoms with van der Waals surface area (Å²) < 4.78 is 9.26. The first-order valence-corrected chi connectivity index (χ1v) is 11.8. The van der Waals surface area contributed by atoms with Gasteiger partial charge < -0.3 is 14.6 Å². The number of likely N-dealkylation sites (N-methyl/N-ethyl adjacent to an activating group) is 1. The summed E-state index contributed by atoms with van der Waals surface area (Å²) in [7, 11) is 1.55. The largest absolute Gasteiger partial charge is 0.493 e. The number of hydrogen-bond acceptors (Lipinski definition) is 7. The van der Waals surface area contributed by atoms with E-state index in [-0.39, 0.29) is 24.1 Å². The lowest BCUT2D eigenvalue weighted by Crippen LogP contribution is -2.30. The monoisotopic (exact) mass is 476 g/mol. The van der Waals surface area contributed by atoms with Crippen molar-refractivity contribution in [1.29, 1.82) is 0 Å². The van der Waals surface area contributed by atoms with Crippen molar-refractivity contribution >= 4 is 17.2 Å². The van der Waals surface area contributed by atoms with Gasteiger partial charge in [-0.15, -0.1) is 11.3 Å². The van der Waals surface area contributed by atoms with Gasteiger partial charge in [0.05, 0.1) is 12.3 Å². The minimum atomic E-state index is -0.233. The van der Waals surface area contributed by atoms with Gasteiger partial charge in [0.25, 0.3) is 5.56 Å². The molecule has 4 heterocycles. The number of fused-ring (bicyclic) bond motifs is 3. The van der Waals surface area contributed by atoms with Gasteiger partial charge in [-0.2, -0.15) is 5.10 Å². The summed E-state index contributed by atoms with van der Waals surface area (Å²) in [5.41, 5.74) is 2.70. The van der Waals surface area contributed by atoms with Crippen LogP contribution in [0.1, 0.15) is 24.8 Å². The first-order chi connectivity index (χ1) is 16.5. The molecule has 0 aliphatic carbocycles. The van der Waals surface area contributed by atoms with E-state index in [1.807, 2.05) is 22.9 Å². The Morgan fingerprint density at radius 2 is 2.12 bits per heavy atom. The molecule has 4 aromatic rings. The summed E-state index contributed by atoms with van der Waals surface area (Å²) in [5, 5.41) is 7.70. The van der Waals surface area contributed by atoms with Gasteiger partial charge in [0, 0.05) is 41.7 Å². The second kappa shape index (κ2) is 8.86. The molecule has 0 spiro atoms. The maximum absolute atomic E-state index is 13.1.